The van der Waals surface area contributed by atoms with Crippen LogP contribution in [0.15, 0.2) is 18.7 Å². The van der Waals surface area contributed by atoms with E-state index in [0.29, 0.717) is 6.10 Å². The molecule has 0 bridgehead atoms. The molecule has 1 aromatic rings. The summed E-state index contributed by atoms with van der Waals surface area (Å²) in [4.78, 5) is 4.06. The Balaban J connectivity index is 1.78. The minimum Gasteiger partial charge on any atom is -0.379 e. The fraction of sp³-hybridized carbons (Fsp3) is 0.850. The fourth-order valence-corrected chi connectivity index (χ4v) is 2.94. The molecule has 3 nitrogen and oxygen atoms in total. The Kier molecular flexibility index (Phi) is 13.0. The number of hydrogen-bond acceptors (Lipinski definition) is 2. The zero-order valence-electron chi connectivity index (χ0n) is 15.5. The molecule has 0 N–H and O–H groups in total. The minimum atomic E-state index is 0.386. The van der Waals surface area contributed by atoms with Crippen molar-refractivity contribution >= 4 is 0 Å². The SMILES string of the molecule is CCCCCCCCCCCCOC(C)CCCn1ccnc1. The number of unbranched alkanes of at least 4 members (excludes halogenated alkanes) is 9. The third-order valence-corrected chi connectivity index (χ3v) is 4.49. The molecule has 0 saturated heterocycles. The second-order valence-electron chi connectivity index (χ2n) is 6.81. The van der Waals surface area contributed by atoms with Crippen molar-refractivity contribution in [3.05, 3.63) is 18.7 Å². The molecule has 0 aromatic carbocycles. The fourth-order valence-electron chi connectivity index (χ4n) is 2.94. The molecular weight excluding hydrogens is 284 g/mol. The van der Waals surface area contributed by atoms with Gasteiger partial charge in [-0.25, -0.2) is 4.98 Å². The Hall–Kier alpha value is -0.830. The number of aryl methyl sites for hydroxylation is 1. The van der Waals surface area contributed by atoms with Crippen LogP contribution in [0, 0.1) is 0 Å². The quantitative estimate of drug-likeness (QED) is 0.350. The van der Waals surface area contributed by atoms with E-state index in [4.69, 9.17) is 4.74 Å². The predicted molar refractivity (Wildman–Crippen MR) is 98.7 cm³/mol. The van der Waals surface area contributed by atoms with Crippen molar-refractivity contribution in [1.82, 2.24) is 9.55 Å². The van der Waals surface area contributed by atoms with E-state index in [1.807, 2.05) is 18.7 Å². The van der Waals surface area contributed by atoms with E-state index < -0.39 is 0 Å². The van der Waals surface area contributed by atoms with Gasteiger partial charge in [0, 0.05) is 25.5 Å². The molecule has 1 heterocycles. The maximum Gasteiger partial charge on any atom is 0.0945 e. The first kappa shape index (κ1) is 20.2. The van der Waals surface area contributed by atoms with E-state index in [-0.39, 0.29) is 0 Å². The molecule has 0 aliphatic carbocycles. The molecule has 134 valence electrons. The predicted octanol–water partition coefficient (Wildman–Crippen LogP) is 5.99. The van der Waals surface area contributed by atoms with Crippen molar-refractivity contribution in [1.29, 1.82) is 0 Å². The van der Waals surface area contributed by atoms with Crippen molar-refractivity contribution < 1.29 is 4.74 Å². The summed E-state index contributed by atoms with van der Waals surface area (Å²) in [5.41, 5.74) is 0. The summed E-state index contributed by atoms with van der Waals surface area (Å²) in [5, 5.41) is 0. The highest BCUT2D eigenvalue weighted by atomic mass is 16.5. The highest BCUT2D eigenvalue weighted by Crippen LogP contribution is 2.11. The number of nitrogens with zero attached hydrogens (tertiary/aromatic N) is 2. The van der Waals surface area contributed by atoms with E-state index in [1.165, 1.54) is 64.2 Å². The van der Waals surface area contributed by atoms with E-state index in [1.54, 1.807) is 0 Å². The molecule has 0 spiro atoms. The molecule has 3 heteroatoms. The normalized spacial score (nSPS) is 12.6. The van der Waals surface area contributed by atoms with Gasteiger partial charge in [-0.15, -0.1) is 0 Å². The molecule has 1 rings (SSSR count). The highest BCUT2D eigenvalue weighted by molar-refractivity contribution is 4.73. The Labute approximate surface area is 143 Å². The lowest BCUT2D eigenvalue weighted by atomic mass is 10.1. The van der Waals surface area contributed by atoms with Crippen LogP contribution in [0.4, 0.5) is 0 Å². The van der Waals surface area contributed by atoms with Crippen molar-refractivity contribution in [2.24, 2.45) is 0 Å². The summed E-state index contributed by atoms with van der Waals surface area (Å²) in [6.45, 7) is 6.46. The van der Waals surface area contributed by atoms with Crippen LogP contribution >= 0.6 is 0 Å². The summed E-state index contributed by atoms with van der Waals surface area (Å²) < 4.78 is 8.04. The number of rotatable bonds is 16. The Bertz CT molecular complexity index is 337. The zero-order chi connectivity index (χ0) is 16.6. The van der Waals surface area contributed by atoms with Crippen LogP contribution in [-0.2, 0) is 11.3 Å². The van der Waals surface area contributed by atoms with Gasteiger partial charge < -0.3 is 9.30 Å². The first-order chi connectivity index (χ1) is 11.3. The molecule has 0 radical (unpaired) electrons. The van der Waals surface area contributed by atoms with Crippen LogP contribution in [0.3, 0.4) is 0 Å². The van der Waals surface area contributed by atoms with Gasteiger partial charge in [0.2, 0.25) is 0 Å². The van der Waals surface area contributed by atoms with Crippen molar-refractivity contribution in [3.8, 4) is 0 Å². The van der Waals surface area contributed by atoms with Crippen molar-refractivity contribution in [2.45, 2.75) is 104 Å². The third-order valence-electron chi connectivity index (χ3n) is 4.49. The Morgan fingerprint density at radius 2 is 1.57 bits per heavy atom. The largest absolute Gasteiger partial charge is 0.379 e. The van der Waals surface area contributed by atoms with Gasteiger partial charge in [0.25, 0.3) is 0 Å². The summed E-state index contributed by atoms with van der Waals surface area (Å²) in [6.07, 6.45) is 22.3. The molecule has 1 unspecified atom stereocenters. The molecule has 0 saturated carbocycles. The monoisotopic (exact) mass is 322 g/mol. The summed E-state index contributed by atoms with van der Waals surface area (Å²) in [5.74, 6) is 0. The van der Waals surface area contributed by atoms with Gasteiger partial charge in [0.05, 0.1) is 12.4 Å². The van der Waals surface area contributed by atoms with Gasteiger partial charge in [0.1, 0.15) is 0 Å². The van der Waals surface area contributed by atoms with Crippen LogP contribution in [0.25, 0.3) is 0 Å². The lowest BCUT2D eigenvalue weighted by molar-refractivity contribution is 0.0554. The Morgan fingerprint density at radius 1 is 0.913 bits per heavy atom. The standard InChI is InChI=1S/C20H38N2O/c1-3-4-5-6-7-8-9-10-11-12-18-23-20(2)14-13-16-22-17-15-21-19-22/h15,17,19-20H,3-14,16,18H2,1-2H3. The summed E-state index contributed by atoms with van der Waals surface area (Å²) in [6, 6.07) is 0. The average molecular weight is 323 g/mol. The van der Waals surface area contributed by atoms with Gasteiger partial charge in [-0.05, 0) is 26.2 Å². The Morgan fingerprint density at radius 3 is 2.17 bits per heavy atom. The van der Waals surface area contributed by atoms with Crippen LogP contribution in [0.1, 0.15) is 90.9 Å². The highest BCUT2D eigenvalue weighted by Gasteiger charge is 2.02. The second-order valence-corrected chi connectivity index (χ2v) is 6.81. The third kappa shape index (κ3) is 12.3. The number of ether oxygens (including phenoxy) is 1. The molecule has 1 atom stereocenters. The maximum atomic E-state index is 5.91. The van der Waals surface area contributed by atoms with E-state index in [0.717, 1.165) is 26.0 Å². The first-order valence-corrected chi connectivity index (χ1v) is 9.90. The molecule has 1 aromatic heterocycles. The van der Waals surface area contributed by atoms with Crippen LogP contribution < -0.4 is 0 Å². The zero-order valence-corrected chi connectivity index (χ0v) is 15.5. The molecule has 0 aliphatic heterocycles. The second kappa shape index (κ2) is 14.7. The van der Waals surface area contributed by atoms with E-state index >= 15 is 0 Å². The molecular formula is C20H38N2O. The lowest BCUT2D eigenvalue weighted by Gasteiger charge is -2.13. The topological polar surface area (TPSA) is 27.1 Å². The number of hydrogen-bond donors (Lipinski definition) is 0. The van der Waals surface area contributed by atoms with Crippen molar-refractivity contribution in [3.63, 3.8) is 0 Å². The molecule has 0 fully saturated rings. The number of aromatic nitrogens is 2. The molecule has 23 heavy (non-hydrogen) atoms. The van der Waals surface area contributed by atoms with Crippen LogP contribution in [0.2, 0.25) is 0 Å². The minimum absolute atomic E-state index is 0.386. The maximum absolute atomic E-state index is 5.91. The molecule has 0 amide bonds. The van der Waals surface area contributed by atoms with Crippen molar-refractivity contribution in [2.75, 3.05) is 6.61 Å². The van der Waals surface area contributed by atoms with Gasteiger partial charge in [-0.2, -0.15) is 0 Å². The average Bonchev–Trinajstić information content (AvgIpc) is 3.06. The smallest absolute Gasteiger partial charge is 0.0945 e. The van der Waals surface area contributed by atoms with E-state index in [2.05, 4.69) is 23.4 Å². The van der Waals surface area contributed by atoms with Gasteiger partial charge in [0.15, 0.2) is 0 Å². The molecule has 0 aliphatic rings. The van der Waals surface area contributed by atoms with Gasteiger partial charge in [-0.1, -0.05) is 64.7 Å². The summed E-state index contributed by atoms with van der Waals surface area (Å²) in [7, 11) is 0. The van der Waals surface area contributed by atoms with E-state index in [9.17, 15) is 0 Å². The van der Waals surface area contributed by atoms with Gasteiger partial charge in [-0.3, -0.25) is 0 Å². The first-order valence-electron chi connectivity index (χ1n) is 9.90. The number of imidazole rings is 1. The lowest BCUT2D eigenvalue weighted by Crippen LogP contribution is -2.10. The van der Waals surface area contributed by atoms with Crippen LogP contribution in [0.5, 0.6) is 0 Å². The van der Waals surface area contributed by atoms with Gasteiger partial charge >= 0.3 is 0 Å². The van der Waals surface area contributed by atoms with Crippen LogP contribution in [-0.4, -0.2) is 22.3 Å². The summed E-state index contributed by atoms with van der Waals surface area (Å²) >= 11 is 0.